The first-order valence-electron chi connectivity index (χ1n) is 7.38. The van der Waals surface area contributed by atoms with Gasteiger partial charge in [-0.2, -0.15) is 0 Å². The van der Waals surface area contributed by atoms with Gasteiger partial charge in [0.1, 0.15) is 0 Å². The molecule has 1 aromatic rings. The van der Waals surface area contributed by atoms with Crippen molar-refractivity contribution in [3.8, 4) is 0 Å². The van der Waals surface area contributed by atoms with Crippen LogP contribution in [0.5, 0.6) is 0 Å². The number of rotatable bonds is 5. The van der Waals surface area contributed by atoms with Gasteiger partial charge in [-0.1, -0.05) is 19.1 Å². The number of carbonyl (C=O) groups excluding carboxylic acids is 2. The molecular formula is C16H23N3O2. The summed E-state index contributed by atoms with van der Waals surface area (Å²) in [5.74, 6) is -0.299. The number of likely N-dealkylation sites (N-methyl/N-ethyl adjacent to an activating group) is 1. The maximum Gasteiger partial charge on any atom is 0.248 e. The van der Waals surface area contributed by atoms with Gasteiger partial charge in [-0.15, -0.1) is 0 Å². The number of hydrogen-bond acceptors (Lipinski definition) is 3. The Balaban J connectivity index is 2.05. The maximum atomic E-state index is 12.7. The summed E-state index contributed by atoms with van der Waals surface area (Å²) < 4.78 is 0. The summed E-state index contributed by atoms with van der Waals surface area (Å²) in [6.07, 6.45) is 2.74. The van der Waals surface area contributed by atoms with Crippen molar-refractivity contribution in [2.75, 3.05) is 13.6 Å². The zero-order valence-electron chi connectivity index (χ0n) is 12.7. The molecule has 0 saturated carbocycles. The van der Waals surface area contributed by atoms with Crippen LogP contribution < -0.4 is 11.1 Å². The largest absolute Gasteiger partial charge is 0.366 e. The Morgan fingerprint density at radius 3 is 2.48 bits per heavy atom. The molecule has 0 aromatic heterocycles. The summed E-state index contributed by atoms with van der Waals surface area (Å²) in [6.45, 7) is 3.48. The van der Waals surface area contributed by atoms with Gasteiger partial charge < -0.3 is 16.0 Å². The lowest BCUT2D eigenvalue weighted by Gasteiger charge is -2.32. The molecule has 2 amide bonds. The highest BCUT2D eigenvalue weighted by Gasteiger charge is 2.40. The Labute approximate surface area is 125 Å². The molecule has 1 saturated heterocycles. The van der Waals surface area contributed by atoms with Gasteiger partial charge in [0.05, 0.1) is 5.54 Å². The number of carbonyl (C=O) groups is 2. The number of amides is 2. The topological polar surface area (TPSA) is 75.4 Å². The van der Waals surface area contributed by atoms with E-state index >= 15 is 0 Å². The second-order valence-corrected chi connectivity index (χ2v) is 5.69. The molecule has 21 heavy (non-hydrogen) atoms. The van der Waals surface area contributed by atoms with Crippen LogP contribution in [0.4, 0.5) is 0 Å². The fraction of sp³-hybridized carbons (Fsp3) is 0.500. The summed E-state index contributed by atoms with van der Waals surface area (Å²) in [5.41, 5.74) is 6.29. The third-order valence-corrected chi connectivity index (χ3v) is 4.26. The minimum absolute atomic E-state index is 0.140. The molecule has 1 atom stereocenters. The third kappa shape index (κ3) is 3.24. The molecule has 3 N–H and O–H groups in total. The zero-order chi connectivity index (χ0) is 15.5. The number of hydrogen-bond donors (Lipinski definition) is 2. The molecule has 0 aliphatic carbocycles. The highest BCUT2D eigenvalue weighted by Crippen LogP contribution is 2.25. The van der Waals surface area contributed by atoms with E-state index in [0.717, 1.165) is 31.4 Å². The van der Waals surface area contributed by atoms with Gasteiger partial charge in [0.15, 0.2) is 0 Å². The van der Waals surface area contributed by atoms with Crippen molar-refractivity contribution < 1.29 is 9.59 Å². The standard InChI is InChI=1S/C16H23N3O2/c1-3-16(9-4-10-18-16)15(21)19(2)11-12-5-7-13(8-6-12)14(17)20/h5-8,18H,3-4,9-11H2,1-2H3,(H2,17,20). The molecule has 5 nitrogen and oxygen atoms in total. The molecule has 1 aromatic carbocycles. The molecule has 0 spiro atoms. The Kier molecular flexibility index (Phi) is 4.63. The molecule has 5 heteroatoms. The van der Waals surface area contributed by atoms with Crippen LogP contribution in [0.3, 0.4) is 0 Å². The van der Waals surface area contributed by atoms with Crippen LogP contribution >= 0.6 is 0 Å². The average molecular weight is 289 g/mol. The summed E-state index contributed by atoms with van der Waals surface area (Å²) >= 11 is 0. The Bertz CT molecular complexity index is 519. The number of primary amides is 1. The first kappa shape index (κ1) is 15.5. The van der Waals surface area contributed by atoms with Crippen molar-refractivity contribution in [1.82, 2.24) is 10.2 Å². The predicted molar refractivity (Wildman–Crippen MR) is 81.7 cm³/mol. The van der Waals surface area contributed by atoms with Crippen molar-refractivity contribution >= 4 is 11.8 Å². The molecule has 1 aliphatic rings. The van der Waals surface area contributed by atoms with E-state index in [4.69, 9.17) is 5.73 Å². The van der Waals surface area contributed by atoms with Crippen molar-refractivity contribution in [3.63, 3.8) is 0 Å². The molecule has 2 rings (SSSR count). The van der Waals surface area contributed by atoms with Crippen molar-refractivity contribution in [3.05, 3.63) is 35.4 Å². The van der Waals surface area contributed by atoms with Gasteiger partial charge in [-0.05, 0) is 43.5 Å². The summed E-state index contributed by atoms with van der Waals surface area (Å²) in [7, 11) is 1.82. The van der Waals surface area contributed by atoms with E-state index in [-0.39, 0.29) is 5.91 Å². The summed E-state index contributed by atoms with van der Waals surface area (Å²) in [5, 5.41) is 3.36. The lowest BCUT2D eigenvalue weighted by molar-refractivity contribution is -0.137. The molecule has 114 valence electrons. The van der Waals surface area contributed by atoms with Crippen LogP contribution in [-0.2, 0) is 11.3 Å². The molecule has 0 radical (unpaired) electrons. The molecule has 1 fully saturated rings. The van der Waals surface area contributed by atoms with Crippen LogP contribution in [0, 0.1) is 0 Å². The normalized spacial score (nSPS) is 21.2. The molecule has 1 heterocycles. The van der Waals surface area contributed by atoms with Gasteiger partial charge in [-0.25, -0.2) is 0 Å². The van der Waals surface area contributed by atoms with E-state index in [1.807, 2.05) is 26.1 Å². The molecule has 1 unspecified atom stereocenters. The van der Waals surface area contributed by atoms with E-state index in [0.29, 0.717) is 12.1 Å². The Hall–Kier alpha value is -1.88. The number of nitrogens with zero attached hydrogens (tertiary/aromatic N) is 1. The minimum atomic E-state index is -0.439. The van der Waals surface area contributed by atoms with Crippen molar-refractivity contribution in [2.45, 2.75) is 38.3 Å². The van der Waals surface area contributed by atoms with Gasteiger partial charge in [-0.3, -0.25) is 9.59 Å². The molecular weight excluding hydrogens is 266 g/mol. The fourth-order valence-electron chi connectivity index (χ4n) is 2.93. The van der Waals surface area contributed by atoms with E-state index in [1.165, 1.54) is 0 Å². The second-order valence-electron chi connectivity index (χ2n) is 5.69. The predicted octanol–water partition coefficient (Wildman–Crippen LogP) is 1.28. The van der Waals surface area contributed by atoms with Gasteiger partial charge >= 0.3 is 0 Å². The first-order chi connectivity index (χ1) is 9.98. The minimum Gasteiger partial charge on any atom is -0.366 e. The summed E-state index contributed by atoms with van der Waals surface area (Å²) in [6, 6.07) is 7.06. The maximum absolute atomic E-state index is 12.7. The Morgan fingerprint density at radius 2 is 2.00 bits per heavy atom. The van der Waals surface area contributed by atoms with Crippen LogP contribution in [0.15, 0.2) is 24.3 Å². The monoisotopic (exact) mass is 289 g/mol. The van der Waals surface area contributed by atoms with E-state index in [1.54, 1.807) is 17.0 Å². The van der Waals surface area contributed by atoms with Crippen molar-refractivity contribution in [2.24, 2.45) is 5.73 Å². The second kappa shape index (κ2) is 6.26. The van der Waals surface area contributed by atoms with Crippen LogP contribution in [0.25, 0.3) is 0 Å². The summed E-state index contributed by atoms with van der Waals surface area (Å²) in [4.78, 5) is 25.5. The highest BCUT2D eigenvalue weighted by atomic mass is 16.2. The fourth-order valence-corrected chi connectivity index (χ4v) is 2.93. The molecule has 0 bridgehead atoms. The van der Waals surface area contributed by atoms with E-state index < -0.39 is 11.4 Å². The van der Waals surface area contributed by atoms with Gasteiger partial charge in [0.25, 0.3) is 0 Å². The van der Waals surface area contributed by atoms with E-state index in [9.17, 15) is 9.59 Å². The third-order valence-electron chi connectivity index (χ3n) is 4.26. The number of benzene rings is 1. The lowest BCUT2D eigenvalue weighted by atomic mass is 9.92. The highest BCUT2D eigenvalue weighted by molar-refractivity contribution is 5.92. The SMILES string of the molecule is CCC1(C(=O)N(C)Cc2ccc(C(N)=O)cc2)CCCN1. The number of nitrogens with one attached hydrogen (secondary N) is 1. The van der Waals surface area contributed by atoms with Crippen LogP contribution in [0.1, 0.15) is 42.1 Å². The average Bonchev–Trinajstić information content (AvgIpc) is 2.97. The quantitative estimate of drug-likeness (QED) is 0.857. The number of nitrogens with two attached hydrogens (primary N) is 1. The van der Waals surface area contributed by atoms with Gasteiger partial charge in [0.2, 0.25) is 11.8 Å². The van der Waals surface area contributed by atoms with Gasteiger partial charge in [0, 0.05) is 19.2 Å². The van der Waals surface area contributed by atoms with E-state index in [2.05, 4.69) is 5.32 Å². The van der Waals surface area contributed by atoms with Crippen molar-refractivity contribution in [1.29, 1.82) is 0 Å². The Morgan fingerprint density at radius 1 is 1.33 bits per heavy atom. The molecule has 1 aliphatic heterocycles. The zero-order valence-corrected chi connectivity index (χ0v) is 12.7. The smallest absolute Gasteiger partial charge is 0.248 e. The van der Waals surface area contributed by atoms with Crippen LogP contribution in [-0.4, -0.2) is 35.8 Å². The first-order valence-corrected chi connectivity index (χ1v) is 7.38. The van der Waals surface area contributed by atoms with Crippen LogP contribution in [0.2, 0.25) is 0 Å². The lowest BCUT2D eigenvalue weighted by Crippen LogP contribution is -2.53.